The Morgan fingerprint density at radius 3 is 2.43 bits per heavy atom. The molecule has 4 nitrogen and oxygen atoms in total. The fourth-order valence-electron chi connectivity index (χ4n) is 1.97. The molecule has 1 N–H and O–H groups in total. The van der Waals surface area contributed by atoms with Gasteiger partial charge in [0, 0.05) is 12.6 Å². The van der Waals surface area contributed by atoms with Gasteiger partial charge < -0.3 is 14.8 Å². The lowest BCUT2D eigenvalue weighted by Crippen LogP contribution is -2.09. The molecule has 0 aliphatic rings. The van der Waals surface area contributed by atoms with Gasteiger partial charge in [0.25, 0.3) is 0 Å². The van der Waals surface area contributed by atoms with Crippen LogP contribution in [0.25, 0.3) is 0 Å². The summed E-state index contributed by atoms with van der Waals surface area (Å²) in [7, 11) is 3.19. The van der Waals surface area contributed by atoms with Crippen molar-refractivity contribution in [2.45, 2.75) is 33.1 Å². The monoisotopic (exact) mass is 310 g/mol. The van der Waals surface area contributed by atoms with Crippen molar-refractivity contribution in [2.75, 3.05) is 26.1 Å². The van der Waals surface area contributed by atoms with Crippen molar-refractivity contribution in [3.05, 3.63) is 17.2 Å². The number of anilines is 1. The molecule has 0 saturated heterocycles. The first-order chi connectivity index (χ1) is 9.93. The molecule has 0 saturated carbocycles. The quantitative estimate of drug-likeness (QED) is 0.719. The van der Waals surface area contributed by atoms with Crippen LogP contribution < -0.4 is 14.8 Å². The zero-order chi connectivity index (χ0) is 15.9. The number of hydrogen-bond acceptors (Lipinski definition) is 4. The smallest absolute Gasteiger partial charge is 0.145 e. The van der Waals surface area contributed by atoms with Crippen molar-refractivity contribution in [3.63, 3.8) is 0 Å². The van der Waals surface area contributed by atoms with E-state index in [1.807, 2.05) is 13.8 Å². The fourth-order valence-corrected chi connectivity index (χ4v) is 2.21. The maximum atomic E-state index is 8.97. The summed E-state index contributed by atoms with van der Waals surface area (Å²) >= 11 is 6.12. The van der Waals surface area contributed by atoms with Gasteiger partial charge in [-0.2, -0.15) is 5.26 Å². The van der Waals surface area contributed by atoms with E-state index >= 15 is 0 Å². The standard InChI is InChI=1S/C16H23ClN2O2/c1-16(2,11-18)7-5-6-8-19-13-9-12(17)14(20-3)10-15(13)21-4/h9-10,19H,5-8H2,1-4H3. The van der Waals surface area contributed by atoms with Crippen molar-refractivity contribution in [1.82, 2.24) is 0 Å². The van der Waals surface area contributed by atoms with Crippen LogP contribution in [0.1, 0.15) is 33.1 Å². The van der Waals surface area contributed by atoms with E-state index in [1.54, 1.807) is 26.4 Å². The molecule has 0 spiro atoms. The Bertz CT molecular complexity index is 510. The van der Waals surface area contributed by atoms with Crippen LogP contribution in [-0.2, 0) is 0 Å². The first-order valence-corrected chi connectivity index (χ1v) is 7.38. The van der Waals surface area contributed by atoms with Crippen LogP contribution in [0.3, 0.4) is 0 Å². The molecule has 0 aliphatic carbocycles. The third kappa shape index (κ3) is 5.35. The molecule has 0 atom stereocenters. The average molecular weight is 311 g/mol. The van der Waals surface area contributed by atoms with Gasteiger partial charge in [0.05, 0.1) is 36.4 Å². The van der Waals surface area contributed by atoms with Crippen molar-refractivity contribution >= 4 is 17.3 Å². The van der Waals surface area contributed by atoms with Gasteiger partial charge in [-0.3, -0.25) is 0 Å². The van der Waals surface area contributed by atoms with Gasteiger partial charge in [-0.25, -0.2) is 0 Å². The van der Waals surface area contributed by atoms with Gasteiger partial charge in [-0.15, -0.1) is 0 Å². The maximum Gasteiger partial charge on any atom is 0.145 e. The maximum absolute atomic E-state index is 8.97. The van der Waals surface area contributed by atoms with E-state index in [-0.39, 0.29) is 5.41 Å². The van der Waals surface area contributed by atoms with E-state index in [2.05, 4.69) is 11.4 Å². The molecular weight excluding hydrogens is 288 g/mol. The summed E-state index contributed by atoms with van der Waals surface area (Å²) in [5.74, 6) is 1.29. The predicted molar refractivity (Wildman–Crippen MR) is 86.3 cm³/mol. The van der Waals surface area contributed by atoms with Gasteiger partial charge in [-0.05, 0) is 32.8 Å². The third-order valence-corrected chi connectivity index (χ3v) is 3.62. The van der Waals surface area contributed by atoms with E-state index in [0.717, 1.165) is 31.5 Å². The molecule has 0 radical (unpaired) electrons. The lowest BCUT2D eigenvalue weighted by atomic mass is 9.89. The summed E-state index contributed by atoms with van der Waals surface area (Å²) in [5, 5.41) is 12.8. The fraction of sp³-hybridized carbons (Fsp3) is 0.562. The van der Waals surface area contributed by atoms with E-state index in [0.29, 0.717) is 16.5 Å². The largest absolute Gasteiger partial charge is 0.495 e. The van der Waals surface area contributed by atoms with Crippen LogP contribution in [-0.4, -0.2) is 20.8 Å². The molecule has 0 bridgehead atoms. The number of ether oxygens (including phenoxy) is 2. The van der Waals surface area contributed by atoms with Crippen molar-refractivity contribution in [2.24, 2.45) is 5.41 Å². The highest BCUT2D eigenvalue weighted by Crippen LogP contribution is 2.35. The molecule has 1 aromatic rings. The zero-order valence-corrected chi connectivity index (χ0v) is 13.9. The Kier molecular flexibility index (Phi) is 6.64. The number of nitrogens with one attached hydrogen (secondary N) is 1. The lowest BCUT2D eigenvalue weighted by Gasteiger charge is -2.16. The second-order valence-electron chi connectivity index (χ2n) is 5.57. The van der Waals surface area contributed by atoms with E-state index in [9.17, 15) is 0 Å². The molecule has 1 rings (SSSR count). The van der Waals surface area contributed by atoms with Gasteiger partial charge >= 0.3 is 0 Å². The Labute approximate surface area is 132 Å². The summed E-state index contributed by atoms with van der Waals surface area (Å²) in [4.78, 5) is 0. The minimum atomic E-state index is -0.249. The second kappa shape index (κ2) is 7.99. The third-order valence-electron chi connectivity index (χ3n) is 3.32. The number of hydrogen-bond donors (Lipinski definition) is 1. The summed E-state index contributed by atoms with van der Waals surface area (Å²) in [5.41, 5.74) is 0.601. The zero-order valence-electron chi connectivity index (χ0n) is 13.1. The number of unbranched alkanes of at least 4 members (excludes halogenated alkanes) is 1. The van der Waals surface area contributed by atoms with Crippen LogP contribution >= 0.6 is 11.6 Å². The Morgan fingerprint density at radius 2 is 1.86 bits per heavy atom. The molecular formula is C16H23ClN2O2. The molecule has 116 valence electrons. The summed E-state index contributed by atoms with van der Waals surface area (Å²) in [6.45, 7) is 4.74. The van der Waals surface area contributed by atoms with Crippen LogP contribution in [0.2, 0.25) is 5.02 Å². The van der Waals surface area contributed by atoms with Crippen LogP contribution in [0.15, 0.2) is 12.1 Å². The average Bonchev–Trinajstić information content (AvgIpc) is 2.47. The van der Waals surface area contributed by atoms with Gasteiger partial charge in [0.15, 0.2) is 0 Å². The molecule has 0 heterocycles. The summed E-state index contributed by atoms with van der Waals surface area (Å²) in [6, 6.07) is 5.89. The molecule has 5 heteroatoms. The Morgan fingerprint density at radius 1 is 1.19 bits per heavy atom. The number of rotatable bonds is 8. The van der Waals surface area contributed by atoms with Crippen LogP contribution in [0, 0.1) is 16.7 Å². The first kappa shape index (κ1) is 17.5. The van der Waals surface area contributed by atoms with Crippen molar-refractivity contribution in [1.29, 1.82) is 5.26 Å². The topological polar surface area (TPSA) is 54.3 Å². The van der Waals surface area contributed by atoms with Gasteiger partial charge in [0.2, 0.25) is 0 Å². The number of methoxy groups -OCH3 is 2. The van der Waals surface area contributed by atoms with Crippen molar-refractivity contribution in [3.8, 4) is 17.6 Å². The molecule has 0 amide bonds. The number of halogens is 1. The SMILES string of the molecule is COc1cc(OC)c(NCCCCC(C)(C)C#N)cc1Cl. The van der Waals surface area contributed by atoms with E-state index in [4.69, 9.17) is 26.3 Å². The lowest BCUT2D eigenvalue weighted by molar-refractivity contribution is 0.395. The van der Waals surface area contributed by atoms with E-state index in [1.165, 1.54) is 0 Å². The summed E-state index contributed by atoms with van der Waals surface area (Å²) < 4.78 is 10.5. The molecule has 21 heavy (non-hydrogen) atoms. The highest BCUT2D eigenvalue weighted by molar-refractivity contribution is 6.32. The highest BCUT2D eigenvalue weighted by Gasteiger charge is 2.15. The molecule has 0 unspecified atom stereocenters. The van der Waals surface area contributed by atoms with Crippen LogP contribution in [0.5, 0.6) is 11.5 Å². The minimum absolute atomic E-state index is 0.249. The number of nitrogens with zero attached hydrogens (tertiary/aromatic N) is 1. The normalized spacial score (nSPS) is 10.9. The Hall–Kier alpha value is -1.60. The van der Waals surface area contributed by atoms with Crippen molar-refractivity contribution < 1.29 is 9.47 Å². The summed E-state index contributed by atoms with van der Waals surface area (Å²) in [6.07, 6.45) is 2.88. The molecule has 0 aliphatic heterocycles. The predicted octanol–water partition coefficient (Wildman–Crippen LogP) is 4.49. The van der Waals surface area contributed by atoms with Gasteiger partial charge in [0.1, 0.15) is 11.5 Å². The first-order valence-electron chi connectivity index (χ1n) is 7.00. The highest BCUT2D eigenvalue weighted by atomic mass is 35.5. The second-order valence-corrected chi connectivity index (χ2v) is 5.97. The number of benzene rings is 1. The van der Waals surface area contributed by atoms with Gasteiger partial charge in [-0.1, -0.05) is 18.0 Å². The minimum Gasteiger partial charge on any atom is -0.495 e. The molecule has 0 fully saturated rings. The number of nitriles is 1. The van der Waals surface area contributed by atoms with Crippen LogP contribution in [0.4, 0.5) is 5.69 Å². The van der Waals surface area contributed by atoms with E-state index < -0.39 is 0 Å². The molecule has 1 aromatic carbocycles. The molecule has 0 aromatic heterocycles. The Balaban J connectivity index is 2.52.